The molecule has 0 radical (unpaired) electrons. The van der Waals surface area contributed by atoms with Crippen molar-refractivity contribution in [2.45, 2.75) is 6.42 Å². The van der Waals surface area contributed by atoms with Crippen LogP contribution >= 0.6 is 31.9 Å². The lowest BCUT2D eigenvalue weighted by molar-refractivity contribution is 0.414. The van der Waals surface area contributed by atoms with E-state index in [2.05, 4.69) is 31.9 Å². The first-order valence-electron chi connectivity index (χ1n) is 5.82. The predicted molar refractivity (Wildman–Crippen MR) is 81.0 cm³/mol. The number of nitrogens with two attached hydrogens (primary N) is 1. The molecule has 2 rings (SSSR count). The molecular formula is C14H11Br2F2NO. The summed E-state index contributed by atoms with van der Waals surface area (Å²) in [7, 11) is 0. The molecular weight excluding hydrogens is 396 g/mol. The smallest absolute Gasteiger partial charge is 0.201 e. The molecule has 20 heavy (non-hydrogen) atoms. The van der Waals surface area contributed by atoms with E-state index in [1.165, 1.54) is 6.07 Å². The molecule has 0 aliphatic heterocycles. The van der Waals surface area contributed by atoms with Gasteiger partial charge in [0.25, 0.3) is 0 Å². The van der Waals surface area contributed by atoms with E-state index in [0.717, 1.165) is 18.1 Å². The lowest BCUT2D eigenvalue weighted by Gasteiger charge is -2.10. The van der Waals surface area contributed by atoms with Gasteiger partial charge in [-0.25, -0.2) is 4.39 Å². The van der Waals surface area contributed by atoms with Crippen LogP contribution < -0.4 is 10.5 Å². The summed E-state index contributed by atoms with van der Waals surface area (Å²) in [6.45, 7) is 0.540. The Balaban J connectivity index is 2.31. The third kappa shape index (κ3) is 3.56. The highest BCUT2D eigenvalue weighted by molar-refractivity contribution is 9.10. The largest absolute Gasteiger partial charge is 0.453 e. The molecule has 0 amide bonds. The van der Waals surface area contributed by atoms with Gasteiger partial charge in [-0.15, -0.1) is 0 Å². The van der Waals surface area contributed by atoms with Gasteiger partial charge in [-0.3, -0.25) is 0 Å². The number of rotatable bonds is 4. The summed E-state index contributed by atoms with van der Waals surface area (Å²) in [4.78, 5) is 0. The molecule has 0 fully saturated rings. The van der Waals surface area contributed by atoms with Gasteiger partial charge in [0, 0.05) is 4.47 Å². The second-order valence-electron chi connectivity index (χ2n) is 4.11. The average Bonchev–Trinajstić information content (AvgIpc) is 2.38. The molecule has 2 aromatic rings. The molecule has 0 unspecified atom stereocenters. The summed E-state index contributed by atoms with van der Waals surface area (Å²) in [5, 5.41) is 0. The molecule has 0 saturated carbocycles. The minimum Gasteiger partial charge on any atom is -0.453 e. The van der Waals surface area contributed by atoms with Crippen molar-refractivity contribution in [2.75, 3.05) is 6.54 Å². The second kappa shape index (κ2) is 6.65. The van der Waals surface area contributed by atoms with E-state index >= 15 is 0 Å². The van der Waals surface area contributed by atoms with Crippen molar-refractivity contribution in [1.29, 1.82) is 0 Å². The Morgan fingerprint density at radius 2 is 1.80 bits per heavy atom. The number of benzene rings is 2. The number of halogens is 4. The quantitative estimate of drug-likeness (QED) is 0.741. The Labute approximate surface area is 132 Å². The Kier molecular flexibility index (Phi) is 5.12. The van der Waals surface area contributed by atoms with Crippen molar-refractivity contribution in [3.63, 3.8) is 0 Å². The first-order chi connectivity index (χ1) is 9.51. The number of hydrogen-bond acceptors (Lipinski definition) is 2. The van der Waals surface area contributed by atoms with Crippen molar-refractivity contribution in [1.82, 2.24) is 0 Å². The highest BCUT2D eigenvalue weighted by atomic mass is 79.9. The first-order valence-corrected chi connectivity index (χ1v) is 7.40. The highest BCUT2D eigenvalue weighted by Gasteiger charge is 2.13. The second-order valence-corrected chi connectivity index (χ2v) is 5.88. The Bertz CT molecular complexity index is 635. The third-order valence-corrected chi connectivity index (χ3v) is 3.69. The first kappa shape index (κ1) is 15.4. The molecule has 106 valence electrons. The zero-order valence-corrected chi connectivity index (χ0v) is 13.5. The molecule has 0 aliphatic rings. The van der Waals surface area contributed by atoms with Gasteiger partial charge in [0.05, 0.1) is 4.47 Å². The Morgan fingerprint density at radius 3 is 2.45 bits per heavy atom. The molecule has 0 atom stereocenters. The van der Waals surface area contributed by atoms with Gasteiger partial charge < -0.3 is 10.5 Å². The molecule has 0 spiro atoms. The lowest BCUT2D eigenvalue weighted by Crippen LogP contribution is -2.02. The SMILES string of the molecule is NCCc1ccc(Oc2cc(Br)cc(F)c2F)c(Br)c1. The molecule has 2 aromatic carbocycles. The lowest BCUT2D eigenvalue weighted by atomic mass is 10.1. The van der Waals surface area contributed by atoms with Gasteiger partial charge in [-0.1, -0.05) is 22.0 Å². The summed E-state index contributed by atoms with van der Waals surface area (Å²) < 4.78 is 33.4. The average molecular weight is 407 g/mol. The standard InChI is InChI=1S/C14H11Br2F2NO/c15-9-6-11(17)14(18)13(7-9)20-12-2-1-8(3-4-19)5-10(12)16/h1-2,5-7H,3-4,19H2. The topological polar surface area (TPSA) is 35.2 Å². The molecule has 6 heteroatoms. The Hall–Kier alpha value is -0.980. The molecule has 0 aliphatic carbocycles. The molecule has 2 N–H and O–H groups in total. The van der Waals surface area contributed by atoms with Crippen molar-refractivity contribution in [3.05, 3.63) is 56.5 Å². The fourth-order valence-electron chi connectivity index (χ4n) is 1.67. The van der Waals surface area contributed by atoms with Crippen LogP contribution in [-0.2, 0) is 6.42 Å². The van der Waals surface area contributed by atoms with Crippen LogP contribution in [0.3, 0.4) is 0 Å². The summed E-state index contributed by atoms with van der Waals surface area (Å²) >= 11 is 6.44. The summed E-state index contributed by atoms with van der Waals surface area (Å²) in [5.74, 6) is -1.76. The maximum Gasteiger partial charge on any atom is 0.201 e. The van der Waals surface area contributed by atoms with E-state index in [1.54, 1.807) is 6.07 Å². The highest BCUT2D eigenvalue weighted by Crippen LogP contribution is 2.34. The zero-order chi connectivity index (χ0) is 14.7. The van der Waals surface area contributed by atoms with Crippen LogP contribution in [0.5, 0.6) is 11.5 Å². The maximum atomic E-state index is 13.6. The molecule has 0 bridgehead atoms. The van der Waals surface area contributed by atoms with E-state index < -0.39 is 11.6 Å². The van der Waals surface area contributed by atoms with Gasteiger partial charge in [0.2, 0.25) is 5.82 Å². The van der Waals surface area contributed by atoms with Gasteiger partial charge in [0.15, 0.2) is 11.6 Å². The molecule has 0 saturated heterocycles. The molecule has 0 heterocycles. The Morgan fingerprint density at radius 1 is 1.05 bits per heavy atom. The van der Waals surface area contributed by atoms with E-state index in [1.807, 2.05) is 12.1 Å². The van der Waals surface area contributed by atoms with Crippen LogP contribution in [0.2, 0.25) is 0 Å². The predicted octanol–water partition coefficient (Wildman–Crippen LogP) is 4.78. The van der Waals surface area contributed by atoms with Gasteiger partial charge in [-0.2, -0.15) is 4.39 Å². The molecule has 0 aromatic heterocycles. The van der Waals surface area contributed by atoms with Crippen molar-refractivity contribution >= 4 is 31.9 Å². The normalized spacial score (nSPS) is 10.7. The van der Waals surface area contributed by atoms with Crippen LogP contribution in [0.25, 0.3) is 0 Å². The van der Waals surface area contributed by atoms with E-state index in [4.69, 9.17) is 10.5 Å². The van der Waals surface area contributed by atoms with E-state index in [9.17, 15) is 8.78 Å². The third-order valence-electron chi connectivity index (χ3n) is 2.61. The monoisotopic (exact) mass is 405 g/mol. The minimum atomic E-state index is -1.02. The van der Waals surface area contributed by atoms with Crippen LogP contribution in [0.1, 0.15) is 5.56 Å². The van der Waals surface area contributed by atoms with Crippen molar-refractivity contribution in [2.24, 2.45) is 5.73 Å². The van der Waals surface area contributed by atoms with Crippen LogP contribution in [0.15, 0.2) is 39.3 Å². The van der Waals surface area contributed by atoms with E-state index in [-0.39, 0.29) is 5.75 Å². The van der Waals surface area contributed by atoms with Crippen molar-refractivity contribution < 1.29 is 13.5 Å². The summed E-state index contributed by atoms with van der Waals surface area (Å²) in [5.41, 5.74) is 6.52. The number of ether oxygens (including phenoxy) is 1. The molecule has 2 nitrogen and oxygen atoms in total. The van der Waals surface area contributed by atoms with E-state index in [0.29, 0.717) is 21.2 Å². The fraction of sp³-hybridized carbons (Fsp3) is 0.143. The van der Waals surface area contributed by atoms with Crippen LogP contribution in [-0.4, -0.2) is 6.54 Å². The summed E-state index contributed by atoms with van der Waals surface area (Å²) in [6, 6.07) is 7.78. The fourth-order valence-corrected chi connectivity index (χ4v) is 2.59. The summed E-state index contributed by atoms with van der Waals surface area (Å²) in [6.07, 6.45) is 0.735. The van der Waals surface area contributed by atoms with Crippen LogP contribution in [0, 0.1) is 11.6 Å². The number of hydrogen-bond donors (Lipinski definition) is 1. The van der Waals surface area contributed by atoms with Gasteiger partial charge in [-0.05, 0) is 58.7 Å². The van der Waals surface area contributed by atoms with Gasteiger partial charge in [0.1, 0.15) is 5.75 Å². The van der Waals surface area contributed by atoms with Crippen LogP contribution in [0.4, 0.5) is 8.78 Å². The zero-order valence-electron chi connectivity index (χ0n) is 10.3. The van der Waals surface area contributed by atoms with Gasteiger partial charge >= 0.3 is 0 Å². The minimum absolute atomic E-state index is 0.177. The van der Waals surface area contributed by atoms with Crippen molar-refractivity contribution in [3.8, 4) is 11.5 Å². The maximum absolute atomic E-state index is 13.6.